The van der Waals surface area contributed by atoms with Crippen LogP contribution in [0, 0.1) is 0 Å². The lowest BCUT2D eigenvalue weighted by Crippen LogP contribution is -2.23. The van der Waals surface area contributed by atoms with Crippen LogP contribution in [0.5, 0.6) is 0 Å². The molecule has 0 radical (unpaired) electrons. The van der Waals surface area contributed by atoms with Gasteiger partial charge in [-0.3, -0.25) is 4.79 Å². The Bertz CT molecular complexity index is 596. The monoisotopic (exact) mass is 304 g/mol. The number of halogens is 1. The van der Waals surface area contributed by atoms with Crippen LogP contribution in [-0.4, -0.2) is 34.9 Å². The first-order valence-electron chi connectivity index (χ1n) is 6.53. The van der Waals surface area contributed by atoms with Crippen molar-refractivity contribution >= 4 is 17.5 Å². The van der Waals surface area contributed by atoms with Crippen LogP contribution in [0.2, 0.25) is 5.02 Å². The van der Waals surface area contributed by atoms with E-state index in [1.807, 2.05) is 38.4 Å². The van der Waals surface area contributed by atoms with Crippen molar-refractivity contribution in [3.63, 3.8) is 0 Å². The van der Waals surface area contributed by atoms with E-state index in [1.54, 1.807) is 0 Å². The molecule has 0 unspecified atom stereocenters. The SMILES string of the molecule is CN(C)Cc1ccc(C(=O)NCc2ncc(Cl)cn2)cc1. The molecule has 1 amide bonds. The molecule has 0 aliphatic rings. The van der Waals surface area contributed by atoms with Crippen molar-refractivity contribution in [3.05, 3.63) is 58.6 Å². The number of rotatable bonds is 5. The minimum atomic E-state index is -0.148. The number of hydrogen-bond acceptors (Lipinski definition) is 4. The maximum Gasteiger partial charge on any atom is 0.251 e. The van der Waals surface area contributed by atoms with Gasteiger partial charge in [0.1, 0.15) is 5.82 Å². The summed E-state index contributed by atoms with van der Waals surface area (Å²) in [6, 6.07) is 7.54. The van der Waals surface area contributed by atoms with Crippen LogP contribution in [0.15, 0.2) is 36.7 Å². The highest BCUT2D eigenvalue weighted by molar-refractivity contribution is 6.30. The highest BCUT2D eigenvalue weighted by atomic mass is 35.5. The van der Waals surface area contributed by atoms with Crippen molar-refractivity contribution in [2.45, 2.75) is 13.1 Å². The van der Waals surface area contributed by atoms with E-state index in [2.05, 4.69) is 20.2 Å². The maximum absolute atomic E-state index is 12.0. The molecule has 2 aromatic rings. The van der Waals surface area contributed by atoms with Crippen molar-refractivity contribution in [3.8, 4) is 0 Å². The normalized spacial score (nSPS) is 10.7. The molecule has 1 N–H and O–H groups in total. The minimum absolute atomic E-state index is 0.148. The fourth-order valence-corrected chi connectivity index (χ4v) is 1.92. The highest BCUT2D eigenvalue weighted by Gasteiger charge is 2.06. The Hall–Kier alpha value is -1.98. The summed E-state index contributed by atoms with van der Waals surface area (Å²) < 4.78 is 0. The molecule has 0 bridgehead atoms. The number of benzene rings is 1. The van der Waals surface area contributed by atoms with Gasteiger partial charge in [0.25, 0.3) is 5.91 Å². The lowest BCUT2D eigenvalue weighted by atomic mass is 10.1. The Balaban J connectivity index is 1.92. The minimum Gasteiger partial charge on any atom is -0.345 e. The number of carbonyl (C=O) groups excluding carboxylic acids is 1. The van der Waals surface area contributed by atoms with Crippen molar-refractivity contribution in [1.82, 2.24) is 20.2 Å². The first kappa shape index (κ1) is 15.4. The molecule has 1 heterocycles. The van der Waals surface area contributed by atoms with Gasteiger partial charge in [-0.1, -0.05) is 23.7 Å². The lowest BCUT2D eigenvalue weighted by Gasteiger charge is -2.10. The second kappa shape index (κ2) is 7.15. The fourth-order valence-electron chi connectivity index (χ4n) is 1.82. The molecule has 2 rings (SSSR count). The maximum atomic E-state index is 12.0. The molecular formula is C15H17ClN4O. The number of hydrogen-bond donors (Lipinski definition) is 1. The summed E-state index contributed by atoms with van der Waals surface area (Å²) in [5, 5.41) is 3.25. The van der Waals surface area contributed by atoms with E-state index < -0.39 is 0 Å². The molecule has 0 fully saturated rings. The van der Waals surface area contributed by atoms with Gasteiger partial charge in [0.15, 0.2) is 0 Å². The molecule has 6 heteroatoms. The van der Waals surface area contributed by atoms with Gasteiger partial charge in [-0.05, 0) is 31.8 Å². The second-order valence-corrected chi connectivity index (χ2v) is 5.37. The zero-order chi connectivity index (χ0) is 15.2. The number of amides is 1. The van der Waals surface area contributed by atoms with Crippen molar-refractivity contribution in [1.29, 1.82) is 0 Å². The predicted octanol–water partition coefficient (Wildman–Crippen LogP) is 2.12. The summed E-state index contributed by atoms with van der Waals surface area (Å²) >= 11 is 5.71. The van der Waals surface area contributed by atoms with E-state index in [0.29, 0.717) is 16.4 Å². The van der Waals surface area contributed by atoms with Gasteiger partial charge >= 0.3 is 0 Å². The fraction of sp³-hybridized carbons (Fsp3) is 0.267. The number of carbonyl (C=O) groups is 1. The van der Waals surface area contributed by atoms with Gasteiger partial charge < -0.3 is 10.2 Å². The molecule has 0 saturated carbocycles. The van der Waals surface area contributed by atoms with Gasteiger partial charge in [-0.15, -0.1) is 0 Å². The van der Waals surface area contributed by atoms with E-state index in [9.17, 15) is 4.79 Å². The smallest absolute Gasteiger partial charge is 0.251 e. The van der Waals surface area contributed by atoms with E-state index in [1.165, 1.54) is 12.4 Å². The molecule has 0 spiro atoms. The van der Waals surface area contributed by atoms with Crippen molar-refractivity contribution in [2.75, 3.05) is 14.1 Å². The zero-order valence-corrected chi connectivity index (χ0v) is 12.8. The summed E-state index contributed by atoms with van der Waals surface area (Å²) in [6.45, 7) is 1.12. The van der Waals surface area contributed by atoms with Crippen LogP contribution in [0.4, 0.5) is 0 Å². The first-order valence-corrected chi connectivity index (χ1v) is 6.90. The standard InChI is InChI=1S/C15H17ClN4O/c1-20(2)10-11-3-5-12(6-4-11)15(21)19-9-14-17-7-13(16)8-18-14/h3-8H,9-10H2,1-2H3,(H,19,21). The third-order valence-electron chi connectivity index (χ3n) is 2.80. The van der Waals surface area contributed by atoms with Crippen LogP contribution in [-0.2, 0) is 13.1 Å². The highest BCUT2D eigenvalue weighted by Crippen LogP contribution is 2.07. The van der Waals surface area contributed by atoms with Crippen molar-refractivity contribution < 1.29 is 4.79 Å². The quantitative estimate of drug-likeness (QED) is 0.919. The van der Waals surface area contributed by atoms with Crippen LogP contribution in [0.3, 0.4) is 0 Å². The Morgan fingerprint density at radius 2 is 1.81 bits per heavy atom. The van der Waals surface area contributed by atoms with Crippen LogP contribution in [0.25, 0.3) is 0 Å². The summed E-state index contributed by atoms with van der Waals surface area (Å²) in [5.41, 5.74) is 1.78. The molecule has 110 valence electrons. The largest absolute Gasteiger partial charge is 0.345 e. The second-order valence-electron chi connectivity index (χ2n) is 4.93. The average Bonchev–Trinajstić information content (AvgIpc) is 2.46. The third kappa shape index (κ3) is 4.81. The Morgan fingerprint density at radius 1 is 1.19 bits per heavy atom. The lowest BCUT2D eigenvalue weighted by molar-refractivity contribution is 0.0950. The van der Waals surface area contributed by atoms with Crippen LogP contribution in [0.1, 0.15) is 21.7 Å². The van der Waals surface area contributed by atoms with Crippen LogP contribution >= 0.6 is 11.6 Å². The van der Waals surface area contributed by atoms with E-state index in [4.69, 9.17) is 11.6 Å². The van der Waals surface area contributed by atoms with Gasteiger partial charge in [-0.25, -0.2) is 9.97 Å². The number of nitrogens with zero attached hydrogens (tertiary/aromatic N) is 3. The molecule has 1 aromatic carbocycles. The Labute approximate surface area is 129 Å². The molecule has 0 aliphatic heterocycles. The Morgan fingerprint density at radius 3 is 2.38 bits per heavy atom. The Kier molecular flexibility index (Phi) is 5.25. The van der Waals surface area contributed by atoms with Gasteiger partial charge in [0, 0.05) is 24.5 Å². The molecule has 21 heavy (non-hydrogen) atoms. The van der Waals surface area contributed by atoms with Gasteiger partial charge in [-0.2, -0.15) is 0 Å². The molecule has 0 saturated heterocycles. The van der Waals surface area contributed by atoms with Crippen LogP contribution < -0.4 is 5.32 Å². The number of nitrogens with one attached hydrogen (secondary N) is 1. The van der Waals surface area contributed by atoms with Gasteiger partial charge in [0.05, 0.1) is 11.6 Å². The summed E-state index contributed by atoms with van der Waals surface area (Å²) in [4.78, 5) is 22.1. The summed E-state index contributed by atoms with van der Waals surface area (Å²) in [7, 11) is 4.01. The number of aromatic nitrogens is 2. The molecule has 0 aliphatic carbocycles. The first-order chi connectivity index (χ1) is 10.0. The predicted molar refractivity (Wildman–Crippen MR) is 82.0 cm³/mol. The topological polar surface area (TPSA) is 58.1 Å². The van der Waals surface area contributed by atoms with Crippen molar-refractivity contribution in [2.24, 2.45) is 0 Å². The molecular weight excluding hydrogens is 288 g/mol. The average molecular weight is 305 g/mol. The summed E-state index contributed by atoms with van der Waals surface area (Å²) in [6.07, 6.45) is 3.01. The molecule has 1 aromatic heterocycles. The van der Waals surface area contributed by atoms with E-state index in [0.717, 1.165) is 12.1 Å². The summed E-state index contributed by atoms with van der Waals surface area (Å²) in [5.74, 6) is 0.377. The third-order valence-corrected chi connectivity index (χ3v) is 2.99. The molecule has 5 nitrogen and oxygen atoms in total. The van der Waals surface area contributed by atoms with Gasteiger partial charge in [0.2, 0.25) is 0 Å². The molecule has 0 atom stereocenters. The van der Waals surface area contributed by atoms with E-state index >= 15 is 0 Å². The zero-order valence-electron chi connectivity index (χ0n) is 12.0. The van der Waals surface area contributed by atoms with E-state index in [-0.39, 0.29) is 12.5 Å².